The normalized spacial score (nSPS) is 38.4. The van der Waals surface area contributed by atoms with Crippen molar-refractivity contribution in [1.29, 1.82) is 0 Å². The number of fused-ring (bicyclic) bond motifs is 3. The molecule has 2 aliphatic heterocycles. The molecule has 2 saturated heterocycles. The van der Waals surface area contributed by atoms with Gasteiger partial charge in [-0.25, -0.2) is 0 Å². The SMILES string of the molecule is CC(C)C1CC2CC1C[N+]2(C)C(C)C.CC(C)C1CC2C[N+](C)(C(C)C)CC2C1.CC(C)[N+](C)(C)C(C)C. The molecule has 3 heteroatoms. The highest BCUT2D eigenvalue weighted by Crippen LogP contribution is 2.49. The second kappa shape index (κ2) is 12.8. The zero-order chi connectivity index (χ0) is 29.4. The van der Waals surface area contributed by atoms with Gasteiger partial charge in [0.25, 0.3) is 0 Å². The first-order valence-corrected chi connectivity index (χ1v) is 16.8. The van der Waals surface area contributed by atoms with Gasteiger partial charge in [-0.3, -0.25) is 0 Å². The molecule has 0 aromatic heterocycles. The van der Waals surface area contributed by atoms with Crippen molar-refractivity contribution >= 4 is 0 Å². The van der Waals surface area contributed by atoms with E-state index in [1.807, 2.05) is 0 Å². The molecule has 2 heterocycles. The van der Waals surface area contributed by atoms with Crippen LogP contribution in [-0.2, 0) is 0 Å². The zero-order valence-corrected chi connectivity index (χ0v) is 29.2. The van der Waals surface area contributed by atoms with Crippen molar-refractivity contribution in [3.05, 3.63) is 0 Å². The topological polar surface area (TPSA) is 0 Å². The van der Waals surface area contributed by atoms with Gasteiger partial charge in [-0.05, 0) is 91.9 Å². The highest BCUT2D eigenvalue weighted by Gasteiger charge is 2.55. The molecule has 6 unspecified atom stereocenters. The summed E-state index contributed by atoms with van der Waals surface area (Å²) in [6.07, 6.45) is 6.04. The van der Waals surface area contributed by atoms with E-state index in [1.165, 1.54) is 54.3 Å². The standard InChI is InChI=1S/C14H28N.C13H26N.C8H20N/c1-10(2)12-6-13-8-15(5,11(3)4)9-14(13)7-12;1-9(2)13-7-12-6-11(13)8-14(12,5)10(3)4;1-7(2)9(5,6)8(3)4/h10-14H,6-9H2,1-5H3;9-13H,6-8H2,1-5H3;7-8H,1-6H3/q3*+1. The Morgan fingerprint density at radius 1 is 0.553 bits per heavy atom. The van der Waals surface area contributed by atoms with Crippen LogP contribution >= 0.6 is 0 Å². The molecule has 2 bridgehead atoms. The third kappa shape index (κ3) is 7.39. The van der Waals surface area contributed by atoms with E-state index in [1.54, 1.807) is 0 Å². The molecule has 4 aliphatic rings. The molecule has 0 radical (unpaired) electrons. The summed E-state index contributed by atoms with van der Waals surface area (Å²) in [6.45, 7) is 32.6. The van der Waals surface area contributed by atoms with Crippen molar-refractivity contribution < 1.29 is 13.4 Å². The van der Waals surface area contributed by atoms with Gasteiger partial charge in [-0.1, -0.05) is 27.7 Å². The van der Waals surface area contributed by atoms with E-state index in [-0.39, 0.29) is 0 Å². The maximum Gasteiger partial charge on any atom is 0.0898 e. The molecular weight excluding hydrogens is 462 g/mol. The molecule has 0 aromatic carbocycles. The summed E-state index contributed by atoms with van der Waals surface area (Å²) in [5.74, 6) is 7.01. The zero-order valence-electron chi connectivity index (χ0n) is 29.2. The minimum absolute atomic E-state index is 0.727. The van der Waals surface area contributed by atoms with Gasteiger partial charge in [0.1, 0.15) is 0 Å². The quantitative estimate of drug-likeness (QED) is 0.302. The van der Waals surface area contributed by atoms with E-state index in [2.05, 4.69) is 111 Å². The van der Waals surface area contributed by atoms with Gasteiger partial charge in [0.05, 0.1) is 78.0 Å². The Morgan fingerprint density at radius 3 is 1.29 bits per heavy atom. The molecule has 38 heavy (non-hydrogen) atoms. The van der Waals surface area contributed by atoms with E-state index in [4.69, 9.17) is 0 Å². The second-order valence-corrected chi connectivity index (χ2v) is 17.2. The first-order chi connectivity index (χ1) is 17.3. The molecule has 4 rings (SSSR count). The van der Waals surface area contributed by atoms with Gasteiger partial charge in [0, 0.05) is 30.6 Å². The lowest BCUT2D eigenvalue weighted by molar-refractivity contribution is -0.946. The Labute approximate surface area is 241 Å². The Kier molecular flexibility index (Phi) is 11.5. The molecule has 4 fully saturated rings. The van der Waals surface area contributed by atoms with Crippen LogP contribution in [0.5, 0.6) is 0 Å². The van der Waals surface area contributed by atoms with Crippen LogP contribution in [0.4, 0.5) is 0 Å². The lowest BCUT2D eigenvalue weighted by Gasteiger charge is -2.44. The van der Waals surface area contributed by atoms with Crippen molar-refractivity contribution in [3.63, 3.8) is 0 Å². The molecule has 0 aromatic rings. The maximum atomic E-state index is 2.48. The fraction of sp³-hybridized carbons (Fsp3) is 1.00. The van der Waals surface area contributed by atoms with Crippen molar-refractivity contribution in [1.82, 2.24) is 0 Å². The van der Waals surface area contributed by atoms with Gasteiger partial charge in [0.2, 0.25) is 0 Å². The van der Waals surface area contributed by atoms with Gasteiger partial charge >= 0.3 is 0 Å². The average Bonchev–Trinajstić information content (AvgIpc) is 3.52. The molecule has 2 saturated carbocycles. The third-order valence-corrected chi connectivity index (χ3v) is 13.3. The summed E-state index contributed by atoms with van der Waals surface area (Å²) >= 11 is 0. The van der Waals surface area contributed by atoms with Crippen LogP contribution in [0, 0.1) is 41.4 Å². The minimum Gasteiger partial charge on any atom is -0.325 e. The van der Waals surface area contributed by atoms with Crippen molar-refractivity contribution in [2.75, 3.05) is 47.8 Å². The van der Waals surface area contributed by atoms with Crippen LogP contribution in [0.3, 0.4) is 0 Å². The molecule has 3 nitrogen and oxygen atoms in total. The number of rotatable bonds is 6. The van der Waals surface area contributed by atoms with E-state index in [9.17, 15) is 0 Å². The Hall–Kier alpha value is -0.120. The van der Waals surface area contributed by atoms with E-state index in [0.29, 0.717) is 0 Å². The Balaban J connectivity index is 0.000000208. The summed E-state index contributed by atoms with van der Waals surface area (Å²) in [5, 5.41) is 0. The fourth-order valence-electron chi connectivity index (χ4n) is 8.34. The largest absolute Gasteiger partial charge is 0.325 e. The maximum absolute atomic E-state index is 2.48. The van der Waals surface area contributed by atoms with E-state index >= 15 is 0 Å². The molecule has 0 amide bonds. The summed E-state index contributed by atoms with van der Waals surface area (Å²) < 4.78 is 3.80. The highest BCUT2D eigenvalue weighted by atomic mass is 15.4. The van der Waals surface area contributed by atoms with Crippen LogP contribution in [0.25, 0.3) is 0 Å². The van der Waals surface area contributed by atoms with Crippen LogP contribution in [0.1, 0.15) is 109 Å². The van der Waals surface area contributed by atoms with Crippen molar-refractivity contribution in [3.8, 4) is 0 Å². The number of piperidine rings is 1. The van der Waals surface area contributed by atoms with Gasteiger partial charge in [-0.2, -0.15) is 0 Å². The number of nitrogens with zero attached hydrogens (tertiary/aromatic N) is 3. The molecule has 6 atom stereocenters. The Morgan fingerprint density at radius 2 is 1.03 bits per heavy atom. The summed E-state index contributed by atoms with van der Waals surface area (Å²) in [7, 11) is 9.49. The van der Waals surface area contributed by atoms with E-state index in [0.717, 1.165) is 76.1 Å². The van der Waals surface area contributed by atoms with Crippen molar-refractivity contribution in [2.24, 2.45) is 41.4 Å². The lowest BCUT2D eigenvalue weighted by atomic mass is 9.84. The summed E-state index contributed by atoms with van der Waals surface area (Å²) in [5.41, 5.74) is 0. The van der Waals surface area contributed by atoms with Crippen LogP contribution < -0.4 is 0 Å². The smallest absolute Gasteiger partial charge is 0.0898 e. The van der Waals surface area contributed by atoms with Crippen molar-refractivity contribution in [2.45, 2.75) is 139 Å². The predicted molar refractivity (Wildman–Crippen MR) is 169 cm³/mol. The monoisotopic (exact) mass is 537 g/mol. The van der Waals surface area contributed by atoms with E-state index < -0.39 is 0 Å². The molecular formula is C35H74N3+3. The number of hydrogen-bond acceptors (Lipinski definition) is 0. The lowest BCUT2D eigenvalue weighted by Crippen LogP contribution is -2.56. The van der Waals surface area contributed by atoms with Gasteiger partial charge in [-0.15, -0.1) is 0 Å². The highest BCUT2D eigenvalue weighted by molar-refractivity contribution is 4.92. The first-order valence-electron chi connectivity index (χ1n) is 16.8. The molecule has 2 aliphatic carbocycles. The van der Waals surface area contributed by atoms with Crippen LogP contribution in [0.15, 0.2) is 0 Å². The number of hydrogen-bond donors (Lipinski definition) is 0. The van der Waals surface area contributed by atoms with Crippen LogP contribution in [0.2, 0.25) is 0 Å². The van der Waals surface area contributed by atoms with Gasteiger partial charge < -0.3 is 13.4 Å². The third-order valence-electron chi connectivity index (χ3n) is 13.3. The number of quaternary nitrogens is 3. The second-order valence-electron chi connectivity index (χ2n) is 17.2. The van der Waals surface area contributed by atoms with Gasteiger partial charge in [0.15, 0.2) is 0 Å². The predicted octanol–water partition coefficient (Wildman–Crippen LogP) is 7.94. The average molecular weight is 537 g/mol. The number of likely N-dealkylation sites (tertiary alicyclic amines) is 2. The molecule has 0 spiro atoms. The summed E-state index contributed by atoms with van der Waals surface area (Å²) in [6, 6.07) is 4.06. The summed E-state index contributed by atoms with van der Waals surface area (Å²) in [4.78, 5) is 0. The Bertz CT molecular complexity index is 697. The van der Waals surface area contributed by atoms with Crippen LogP contribution in [-0.4, -0.2) is 91.5 Å². The minimum atomic E-state index is 0.727. The molecule has 0 N–H and O–H groups in total. The molecule has 226 valence electrons. The first kappa shape index (κ1) is 34.1. The fourth-order valence-corrected chi connectivity index (χ4v) is 8.34.